The molecule has 2 aromatic carbocycles. The largest absolute Gasteiger partial charge is 0.477 e. The van der Waals surface area contributed by atoms with Crippen molar-refractivity contribution >= 4 is 16.9 Å². The minimum Gasteiger partial charge on any atom is -0.477 e. The van der Waals surface area contributed by atoms with Crippen molar-refractivity contribution in [2.75, 3.05) is 0 Å². The molecule has 0 saturated heterocycles. The molecule has 21 heavy (non-hydrogen) atoms. The zero-order chi connectivity index (χ0) is 15.0. The van der Waals surface area contributed by atoms with E-state index in [2.05, 4.69) is 13.0 Å². The summed E-state index contributed by atoms with van der Waals surface area (Å²) < 4.78 is 1.80. The second-order valence-electron chi connectivity index (χ2n) is 5.12. The number of aromatic carboxylic acids is 1. The van der Waals surface area contributed by atoms with Crippen LogP contribution in [0.25, 0.3) is 22.0 Å². The number of hydrogen-bond donors (Lipinski definition) is 1. The lowest BCUT2D eigenvalue weighted by Gasteiger charge is -2.04. The van der Waals surface area contributed by atoms with Gasteiger partial charge in [-0.15, -0.1) is 0 Å². The zero-order valence-corrected chi connectivity index (χ0v) is 12.1. The maximum absolute atomic E-state index is 11.8. The smallest absolute Gasteiger partial charge is 0.353 e. The van der Waals surface area contributed by atoms with E-state index in [1.807, 2.05) is 49.5 Å². The van der Waals surface area contributed by atoms with Crippen LogP contribution in [0, 0.1) is 0 Å². The van der Waals surface area contributed by atoms with E-state index in [0.717, 1.165) is 28.5 Å². The average Bonchev–Trinajstić information content (AvgIpc) is 2.81. The number of carboxylic acid groups (broad SMARTS) is 1. The number of carboxylic acids is 1. The summed E-state index contributed by atoms with van der Waals surface area (Å²) in [5, 5.41) is 10.7. The molecule has 0 aliphatic heterocycles. The lowest BCUT2D eigenvalue weighted by Crippen LogP contribution is -2.06. The second-order valence-corrected chi connectivity index (χ2v) is 5.12. The number of aromatic nitrogens is 1. The highest BCUT2D eigenvalue weighted by Gasteiger charge is 2.22. The predicted molar refractivity (Wildman–Crippen MR) is 84.7 cm³/mol. The van der Waals surface area contributed by atoms with E-state index >= 15 is 0 Å². The van der Waals surface area contributed by atoms with Crippen LogP contribution in [0.15, 0.2) is 48.5 Å². The van der Waals surface area contributed by atoms with Crippen LogP contribution in [0.1, 0.15) is 23.0 Å². The molecule has 0 radical (unpaired) electrons. The third-order valence-electron chi connectivity index (χ3n) is 3.94. The van der Waals surface area contributed by atoms with Gasteiger partial charge in [0.1, 0.15) is 5.69 Å². The minimum absolute atomic E-state index is 0.345. The third-order valence-corrected chi connectivity index (χ3v) is 3.94. The fraction of sp³-hybridized carbons (Fsp3) is 0.167. The van der Waals surface area contributed by atoms with E-state index in [1.54, 1.807) is 4.57 Å². The molecule has 0 fully saturated rings. The van der Waals surface area contributed by atoms with Gasteiger partial charge >= 0.3 is 5.97 Å². The van der Waals surface area contributed by atoms with Crippen LogP contribution in [0.2, 0.25) is 0 Å². The summed E-state index contributed by atoms with van der Waals surface area (Å²) in [6.07, 6.45) is 0.877. The molecule has 3 rings (SSSR count). The molecular formula is C18H17NO2. The van der Waals surface area contributed by atoms with E-state index in [9.17, 15) is 9.90 Å². The number of carbonyl (C=O) groups is 1. The van der Waals surface area contributed by atoms with E-state index in [1.165, 1.54) is 5.56 Å². The monoisotopic (exact) mass is 279 g/mol. The van der Waals surface area contributed by atoms with Gasteiger partial charge in [-0.25, -0.2) is 4.79 Å². The molecule has 0 unspecified atom stereocenters. The van der Waals surface area contributed by atoms with Crippen molar-refractivity contribution in [2.45, 2.75) is 13.3 Å². The number of fused-ring (bicyclic) bond motifs is 1. The van der Waals surface area contributed by atoms with E-state index in [-0.39, 0.29) is 0 Å². The lowest BCUT2D eigenvalue weighted by atomic mass is 10.00. The molecule has 0 aliphatic rings. The summed E-state index contributed by atoms with van der Waals surface area (Å²) in [6, 6.07) is 15.8. The van der Waals surface area contributed by atoms with Crippen molar-refractivity contribution in [3.05, 3.63) is 59.8 Å². The van der Waals surface area contributed by atoms with Crippen molar-refractivity contribution < 1.29 is 9.90 Å². The highest BCUT2D eigenvalue weighted by atomic mass is 16.4. The molecule has 0 amide bonds. The molecule has 3 aromatic rings. The van der Waals surface area contributed by atoms with Gasteiger partial charge in [0.05, 0.1) is 5.52 Å². The Morgan fingerprint density at radius 1 is 1.10 bits per heavy atom. The Morgan fingerprint density at radius 2 is 1.81 bits per heavy atom. The van der Waals surface area contributed by atoms with Gasteiger partial charge in [-0.2, -0.15) is 0 Å². The molecule has 0 bridgehead atoms. The van der Waals surface area contributed by atoms with Gasteiger partial charge < -0.3 is 9.67 Å². The number of para-hydroxylation sites is 1. The minimum atomic E-state index is -0.894. The quantitative estimate of drug-likeness (QED) is 0.784. The Labute approximate surface area is 123 Å². The van der Waals surface area contributed by atoms with Crippen molar-refractivity contribution in [1.29, 1.82) is 0 Å². The Kier molecular flexibility index (Phi) is 3.26. The first-order chi connectivity index (χ1) is 10.1. The molecule has 1 N–H and O–H groups in total. The first kappa shape index (κ1) is 13.4. The van der Waals surface area contributed by atoms with E-state index in [4.69, 9.17) is 0 Å². The van der Waals surface area contributed by atoms with Crippen LogP contribution in [0.4, 0.5) is 0 Å². The van der Waals surface area contributed by atoms with Gasteiger partial charge in [-0.1, -0.05) is 55.5 Å². The Balaban J connectivity index is 2.48. The van der Waals surface area contributed by atoms with Gasteiger partial charge in [0.25, 0.3) is 0 Å². The Hall–Kier alpha value is -2.55. The lowest BCUT2D eigenvalue weighted by molar-refractivity contribution is 0.0688. The second kappa shape index (κ2) is 5.09. The number of aryl methyl sites for hydroxylation is 2. The van der Waals surface area contributed by atoms with Crippen molar-refractivity contribution in [2.24, 2.45) is 7.05 Å². The topological polar surface area (TPSA) is 42.2 Å². The van der Waals surface area contributed by atoms with Crippen LogP contribution in [-0.2, 0) is 13.5 Å². The highest BCUT2D eigenvalue weighted by Crippen LogP contribution is 2.36. The first-order valence-corrected chi connectivity index (χ1v) is 7.04. The Bertz CT molecular complexity index is 816. The van der Waals surface area contributed by atoms with Gasteiger partial charge in [-0.05, 0) is 17.5 Å². The molecule has 0 atom stereocenters. The fourth-order valence-corrected chi connectivity index (χ4v) is 3.03. The Morgan fingerprint density at radius 3 is 2.43 bits per heavy atom. The molecule has 1 heterocycles. The number of rotatable bonds is 3. The highest BCUT2D eigenvalue weighted by molar-refractivity contribution is 6.08. The van der Waals surface area contributed by atoms with Crippen LogP contribution in [0.5, 0.6) is 0 Å². The number of nitrogens with zero attached hydrogens (tertiary/aromatic N) is 1. The van der Waals surface area contributed by atoms with E-state index < -0.39 is 5.97 Å². The maximum Gasteiger partial charge on any atom is 0.353 e. The summed E-state index contributed by atoms with van der Waals surface area (Å²) in [5.74, 6) is -0.894. The summed E-state index contributed by atoms with van der Waals surface area (Å²) in [4.78, 5) is 11.8. The van der Waals surface area contributed by atoms with Crippen LogP contribution in [-0.4, -0.2) is 15.6 Å². The standard InChI is InChI=1S/C18H17NO2/c1-3-12-10-7-11-14-15(13-8-5-4-6-9-13)17(18(20)21)19(2)16(12)14/h4-11H,3H2,1-2H3,(H,20,21). The molecule has 0 aliphatic carbocycles. The predicted octanol–water partition coefficient (Wildman–Crippen LogP) is 4.11. The van der Waals surface area contributed by atoms with Crippen molar-refractivity contribution in [3.8, 4) is 11.1 Å². The summed E-state index contributed by atoms with van der Waals surface area (Å²) in [6.45, 7) is 2.09. The van der Waals surface area contributed by atoms with Crippen LogP contribution < -0.4 is 0 Å². The molecule has 1 aromatic heterocycles. The molecule has 106 valence electrons. The summed E-state index contributed by atoms with van der Waals surface area (Å²) >= 11 is 0. The zero-order valence-electron chi connectivity index (χ0n) is 12.1. The van der Waals surface area contributed by atoms with Gasteiger partial charge in [0.2, 0.25) is 0 Å². The summed E-state index contributed by atoms with van der Waals surface area (Å²) in [5.41, 5.74) is 4.26. The van der Waals surface area contributed by atoms with Gasteiger partial charge in [0.15, 0.2) is 0 Å². The fourth-order valence-electron chi connectivity index (χ4n) is 3.03. The molecule has 0 saturated carbocycles. The molecule has 3 nitrogen and oxygen atoms in total. The normalized spacial score (nSPS) is 11.0. The number of hydrogen-bond acceptors (Lipinski definition) is 1. The van der Waals surface area contributed by atoms with E-state index in [0.29, 0.717) is 5.69 Å². The molecular weight excluding hydrogens is 262 g/mol. The van der Waals surface area contributed by atoms with Crippen LogP contribution in [0.3, 0.4) is 0 Å². The number of benzene rings is 2. The molecule has 3 heteroatoms. The first-order valence-electron chi connectivity index (χ1n) is 7.04. The van der Waals surface area contributed by atoms with Crippen LogP contribution >= 0.6 is 0 Å². The third kappa shape index (κ3) is 2.02. The SMILES string of the molecule is CCc1cccc2c(-c3ccccc3)c(C(=O)O)n(C)c12. The maximum atomic E-state index is 11.8. The van der Waals surface area contributed by atoms with Crippen molar-refractivity contribution in [3.63, 3.8) is 0 Å². The molecule has 0 spiro atoms. The summed E-state index contributed by atoms with van der Waals surface area (Å²) in [7, 11) is 1.83. The van der Waals surface area contributed by atoms with Crippen molar-refractivity contribution in [1.82, 2.24) is 4.57 Å². The average molecular weight is 279 g/mol. The van der Waals surface area contributed by atoms with Gasteiger partial charge in [0, 0.05) is 18.0 Å². The van der Waals surface area contributed by atoms with Gasteiger partial charge in [-0.3, -0.25) is 0 Å².